The predicted octanol–water partition coefficient (Wildman–Crippen LogP) is 1.37. The van der Waals surface area contributed by atoms with Crippen LogP contribution >= 0.6 is 0 Å². The summed E-state index contributed by atoms with van der Waals surface area (Å²) < 4.78 is 0. The molecule has 1 aromatic carbocycles. The van der Waals surface area contributed by atoms with E-state index in [1.807, 2.05) is 24.3 Å². The van der Waals surface area contributed by atoms with Crippen molar-refractivity contribution in [3.63, 3.8) is 0 Å². The molecule has 0 unspecified atom stereocenters. The number of nitrogens with one attached hydrogen (secondary N) is 2. The van der Waals surface area contributed by atoms with Crippen LogP contribution in [0.3, 0.4) is 0 Å². The highest BCUT2D eigenvalue weighted by Gasteiger charge is 2.06. The third-order valence-electron chi connectivity index (χ3n) is 1.25. The molecule has 0 saturated heterocycles. The van der Waals surface area contributed by atoms with Crippen LogP contribution in [0.25, 0.3) is 0 Å². The lowest BCUT2D eigenvalue weighted by molar-refractivity contribution is 0.282. The van der Waals surface area contributed by atoms with Gasteiger partial charge >= 0.3 is 0 Å². The molecule has 1 aliphatic heterocycles. The third-order valence-corrected chi connectivity index (χ3v) is 1.25. The first-order valence-corrected chi connectivity index (χ1v) is 2.74. The predicted molar refractivity (Wildman–Crippen MR) is 34.8 cm³/mol. The number of rotatable bonds is 0. The van der Waals surface area contributed by atoms with Gasteiger partial charge in [0.25, 0.3) is 0 Å². The van der Waals surface area contributed by atoms with Gasteiger partial charge in [-0.05, 0) is 12.1 Å². The minimum Gasteiger partial charge on any atom is -0.240 e. The molecule has 1 aromatic rings. The van der Waals surface area contributed by atoms with Gasteiger partial charge in [-0.3, -0.25) is 0 Å². The first-order chi connectivity index (χ1) is 4.47. The fraction of sp³-hybridized carbons (Fsp3) is 0. The minimum absolute atomic E-state index is 0.984. The van der Waals surface area contributed by atoms with E-state index in [1.165, 1.54) is 0 Å². The summed E-state index contributed by atoms with van der Waals surface area (Å²) in [5.41, 5.74) is 7.35. The standard InChI is InChI=1S/C6H6N2O/c1-2-4-6-5(3-1)7-9-8-6/h1-4,7-8H. The molecular weight excluding hydrogens is 116 g/mol. The van der Waals surface area contributed by atoms with Gasteiger partial charge in [-0.15, -0.1) is 0 Å². The van der Waals surface area contributed by atoms with E-state index in [1.54, 1.807) is 0 Å². The monoisotopic (exact) mass is 122 g/mol. The van der Waals surface area contributed by atoms with Crippen LogP contribution in [0.5, 0.6) is 0 Å². The summed E-state index contributed by atoms with van der Waals surface area (Å²) in [6.45, 7) is 0. The molecule has 0 radical (unpaired) electrons. The van der Waals surface area contributed by atoms with Crippen molar-refractivity contribution in [1.82, 2.24) is 0 Å². The normalized spacial score (nSPS) is 13.8. The van der Waals surface area contributed by atoms with Crippen LogP contribution in [0.4, 0.5) is 11.4 Å². The van der Waals surface area contributed by atoms with Crippen molar-refractivity contribution in [3.05, 3.63) is 24.3 Å². The number of anilines is 2. The quantitative estimate of drug-likeness (QED) is 0.545. The molecule has 2 N–H and O–H groups in total. The van der Waals surface area contributed by atoms with Crippen molar-refractivity contribution in [1.29, 1.82) is 0 Å². The zero-order valence-electron chi connectivity index (χ0n) is 4.72. The van der Waals surface area contributed by atoms with E-state index in [-0.39, 0.29) is 0 Å². The molecular formula is C6H6N2O. The smallest absolute Gasteiger partial charge is 0.0884 e. The molecule has 1 aliphatic rings. The molecule has 9 heavy (non-hydrogen) atoms. The highest BCUT2D eigenvalue weighted by Crippen LogP contribution is 2.24. The van der Waals surface area contributed by atoms with E-state index >= 15 is 0 Å². The number of fused-ring (bicyclic) bond motifs is 1. The number of benzene rings is 1. The Balaban J connectivity index is 2.54. The third kappa shape index (κ3) is 0.622. The van der Waals surface area contributed by atoms with Crippen LogP contribution < -0.4 is 11.0 Å². The fourth-order valence-electron chi connectivity index (χ4n) is 0.797. The maximum Gasteiger partial charge on any atom is 0.0884 e. The van der Waals surface area contributed by atoms with Gasteiger partial charge in [-0.2, -0.15) is 4.94 Å². The zero-order chi connectivity index (χ0) is 6.10. The molecule has 0 bridgehead atoms. The summed E-state index contributed by atoms with van der Waals surface area (Å²) >= 11 is 0. The second-order valence-corrected chi connectivity index (χ2v) is 1.85. The Kier molecular flexibility index (Phi) is 0.841. The van der Waals surface area contributed by atoms with Gasteiger partial charge in [0.05, 0.1) is 11.4 Å². The summed E-state index contributed by atoms with van der Waals surface area (Å²) in [6, 6.07) is 7.77. The first-order valence-electron chi connectivity index (χ1n) is 2.74. The molecule has 0 atom stereocenters. The summed E-state index contributed by atoms with van der Waals surface area (Å²) in [5.74, 6) is 0. The van der Waals surface area contributed by atoms with Crippen molar-refractivity contribution in [2.45, 2.75) is 0 Å². The SMILES string of the molecule is c1ccc2c(c1)NON2. The van der Waals surface area contributed by atoms with Crippen molar-refractivity contribution >= 4 is 11.4 Å². The zero-order valence-corrected chi connectivity index (χ0v) is 4.72. The molecule has 2 rings (SSSR count). The summed E-state index contributed by atoms with van der Waals surface area (Å²) in [5, 5.41) is 0. The highest BCUT2D eigenvalue weighted by molar-refractivity contribution is 5.68. The molecule has 46 valence electrons. The van der Waals surface area contributed by atoms with E-state index in [0.717, 1.165) is 11.4 Å². The molecule has 0 fully saturated rings. The first kappa shape index (κ1) is 4.64. The molecule has 0 saturated carbocycles. The van der Waals surface area contributed by atoms with Gasteiger partial charge in [-0.1, -0.05) is 12.1 Å². The Morgan fingerprint density at radius 3 is 2.11 bits per heavy atom. The largest absolute Gasteiger partial charge is 0.240 e. The van der Waals surface area contributed by atoms with Crippen molar-refractivity contribution in [3.8, 4) is 0 Å². The van der Waals surface area contributed by atoms with Crippen LogP contribution in [0.1, 0.15) is 0 Å². The van der Waals surface area contributed by atoms with E-state index in [2.05, 4.69) is 11.0 Å². The number of hydrogen-bond acceptors (Lipinski definition) is 3. The van der Waals surface area contributed by atoms with Gasteiger partial charge in [0.2, 0.25) is 0 Å². The van der Waals surface area contributed by atoms with Gasteiger partial charge in [0.1, 0.15) is 0 Å². The topological polar surface area (TPSA) is 33.3 Å². The second kappa shape index (κ2) is 1.63. The van der Waals surface area contributed by atoms with E-state index in [9.17, 15) is 0 Å². The van der Waals surface area contributed by atoms with Crippen molar-refractivity contribution < 1.29 is 4.94 Å². The van der Waals surface area contributed by atoms with Crippen LogP contribution in [0, 0.1) is 0 Å². The van der Waals surface area contributed by atoms with Crippen LogP contribution in [-0.2, 0) is 4.94 Å². The number of hydrogen-bond donors (Lipinski definition) is 2. The lowest BCUT2D eigenvalue weighted by Crippen LogP contribution is -1.94. The fourth-order valence-corrected chi connectivity index (χ4v) is 0.797. The van der Waals surface area contributed by atoms with Crippen LogP contribution in [0.15, 0.2) is 24.3 Å². The molecule has 3 nitrogen and oxygen atoms in total. The Labute approximate surface area is 52.5 Å². The molecule has 3 heteroatoms. The maximum absolute atomic E-state index is 4.71. The van der Waals surface area contributed by atoms with Gasteiger partial charge in [0, 0.05) is 0 Å². The van der Waals surface area contributed by atoms with E-state index in [4.69, 9.17) is 4.94 Å². The Morgan fingerprint density at radius 2 is 1.56 bits per heavy atom. The average Bonchev–Trinajstić information content (AvgIpc) is 2.33. The number of para-hydroxylation sites is 2. The second-order valence-electron chi connectivity index (χ2n) is 1.85. The van der Waals surface area contributed by atoms with Crippen molar-refractivity contribution in [2.75, 3.05) is 11.0 Å². The van der Waals surface area contributed by atoms with Gasteiger partial charge < -0.3 is 0 Å². The summed E-state index contributed by atoms with van der Waals surface area (Å²) in [6.07, 6.45) is 0. The lowest BCUT2D eigenvalue weighted by atomic mass is 10.3. The summed E-state index contributed by atoms with van der Waals surface area (Å²) in [4.78, 5) is 4.71. The summed E-state index contributed by atoms with van der Waals surface area (Å²) in [7, 11) is 0. The highest BCUT2D eigenvalue weighted by atomic mass is 16.8. The van der Waals surface area contributed by atoms with Gasteiger partial charge in [0.15, 0.2) is 0 Å². The lowest BCUT2D eigenvalue weighted by Gasteiger charge is -1.89. The van der Waals surface area contributed by atoms with Crippen LogP contribution in [-0.4, -0.2) is 0 Å². The minimum atomic E-state index is 0.984. The van der Waals surface area contributed by atoms with E-state index < -0.39 is 0 Å². The Hall–Kier alpha value is -1.22. The molecule has 0 amide bonds. The van der Waals surface area contributed by atoms with Crippen LogP contribution in [0.2, 0.25) is 0 Å². The van der Waals surface area contributed by atoms with Crippen molar-refractivity contribution in [2.24, 2.45) is 0 Å². The molecule has 0 aliphatic carbocycles. The average molecular weight is 122 g/mol. The van der Waals surface area contributed by atoms with Gasteiger partial charge in [-0.25, -0.2) is 11.0 Å². The maximum atomic E-state index is 4.71. The molecule has 1 heterocycles. The molecule has 0 aromatic heterocycles. The molecule has 0 spiro atoms. The van der Waals surface area contributed by atoms with E-state index in [0.29, 0.717) is 0 Å². The Bertz CT molecular complexity index is 201. The Morgan fingerprint density at radius 1 is 1.00 bits per heavy atom.